The maximum Gasteiger partial charge on any atom is 0.307 e. The van der Waals surface area contributed by atoms with Gasteiger partial charge in [0.15, 0.2) is 0 Å². The van der Waals surface area contributed by atoms with Crippen LogP contribution in [0.5, 0.6) is 5.75 Å². The molecule has 1 saturated carbocycles. The Morgan fingerprint density at radius 3 is 2.81 bits per heavy atom. The van der Waals surface area contributed by atoms with Gasteiger partial charge in [0.25, 0.3) is 5.91 Å². The highest BCUT2D eigenvalue weighted by atomic mass is 16.5. The number of ether oxygens (including phenoxy) is 1. The molecule has 3 aromatic heterocycles. The molecule has 0 aromatic carbocycles. The van der Waals surface area contributed by atoms with Crippen LogP contribution in [0.2, 0.25) is 0 Å². The molecule has 3 heterocycles. The second kappa shape index (κ2) is 5.83. The molecule has 1 aliphatic rings. The standard InChI is InChI=1S/C18H16N4O4/c1-26-9-5-14-13(20-8-9)7-15(17(19)23)22(14)16-4-2-3-12(21-16)10-6-11(10)18(24)25/h2-5,7-8,10-11H,6H2,1H3,(H2,19,23)(H,24,25)/t10-,11-/m1/s1. The Balaban J connectivity index is 1.87. The fourth-order valence-electron chi connectivity index (χ4n) is 3.16. The van der Waals surface area contributed by atoms with Gasteiger partial charge in [0.1, 0.15) is 17.3 Å². The predicted octanol–water partition coefficient (Wildman–Crippen LogP) is 1.72. The predicted molar refractivity (Wildman–Crippen MR) is 92.4 cm³/mol. The number of primary amides is 1. The first-order chi connectivity index (χ1) is 12.5. The number of nitrogens with two attached hydrogens (primary N) is 1. The average Bonchev–Trinajstić information content (AvgIpc) is 3.35. The number of carboxylic acids is 1. The topological polar surface area (TPSA) is 120 Å². The van der Waals surface area contributed by atoms with Crippen molar-refractivity contribution in [2.75, 3.05) is 7.11 Å². The van der Waals surface area contributed by atoms with Crippen LogP contribution in [0.15, 0.2) is 36.5 Å². The minimum Gasteiger partial charge on any atom is -0.495 e. The summed E-state index contributed by atoms with van der Waals surface area (Å²) in [5, 5.41) is 9.14. The first kappa shape index (κ1) is 16.1. The lowest BCUT2D eigenvalue weighted by Gasteiger charge is -2.10. The molecule has 4 rings (SSSR count). The molecule has 0 saturated heterocycles. The van der Waals surface area contributed by atoms with Gasteiger partial charge >= 0.3 is 5.97 Å². The van der Waals surface area contributed by atoms with E-state index in [1.807, 2.05) is 0 Å². The molecule has 1 aliphatic carbocycles. The van der Waals surface area contributed by atoms with Crippen molar-refractivity contribution >= 4 is 22.9 Å². The molecule has 1 amide bonds. The van der Waals surface area contributed by atoms with Gasteiger partial charge in [-0.1, -0.05) is 6.07 Å². The molecule has 8 heteroatoms. The maximum atomic E-state index is 11.9. The monoisotopic (exact) mass is 352 g/mol. The summed E-state index contributed by atoms with van der Waals surface area (Å²) in [6.45, 7) is 0. The van der Waals surface area contributed by atoms with Crippen LogP contribution in [0, 0.1) is 5.92 Å². The van der Waals surface area contributed by atoms with E-state index in [2.05, 4.69) is 9.97 Å². The fourth-order valence-corrected chi connectivity index (χ4v) is 3.16. The molecule has 0 spiro atoms. The average molecular weight is 352 g/mol. The molecule has 3 aromatic rings. The third-order valence-corrected chi connectivity index (χ3v) is 4.59. The Bertz CT molecular complexity index is 1040. The van der Waals surface area contributed by atoms with Gasteiger partial charge in [0, 0.05) is 17.7 Å². The van der Waals surface area contributed by atoms with E-state index < -0.39 is 17.8 Å². The number of aliphatic carboxylic acids is 1. The molecular weight excluding hydrogens is 336 g/mol. The van der Waals surface area contributed by atoms with Crippen LogP contribution in [-0.2, 0) is 4.79 Å². The van der Waals surface area contributed by atoms with Gasteiger partial charge in [-0.15, -0.1) is 0 Å². The Labute approximate surface area is 148 Å². The molecule has 0 unspecified atom stereocenters. The van der Waals surface area contributed by atoms with E-state index in [9.17, 15) is 9.59 Å². The van der Waals surface area contributed by atoms with Crippen molar-refractivity contribution in [3.05, 3.63) is 47.9 Å². The van der Waals surface area contributed by atoms with E-state index in [-0.39, 0.29) is 11.6 Å². The number of rotatable bonds is 5. The van der Waals surface area contributed by atoms with Crippen molar-refractivity contribution in [3.63, 3.8) is 0 Å². The van der Waals surface area contributed by atoms with Crippen LogP contribution in [0.25, 0.3) is 16.9 Å². The second-order valence-corrected chi connectivity index (χ2v) is 6.22. The highest BCUT2D eigenvalue weighted by molar-refractivity contribution is 5.98. The van der Waals surface area contributed by atoms with Gasteiger partial charge in [-0.2, -0.15) is 0 Å². The van der Waals surface area contributed by atoms with E-state index >= 15 is 0 Å². The van der Waals surface area contributed by atoms with Gasteiger partial charge < -0.3 is 15.6 Å². The Morgan fingerprint density at radius 2 is 2.15 bits per heavy atom. The molecule has 8 nitrogen and oxygen atoms in total. The zero-order valence-electron chi connectivity index (χ0n) is 13.9. The van der Waals surface area contributed by atoms with Crippen LogP contribution in [-0.4, -0.2) is 38.6 Å². The summed E-state index contributed by atoms with van der Waals surface area (Å²) < 4.78 is 6.84. The molecule has 0 bridgehead atoms. The van der Waals surface area contributed by atoms with E-state index in [0.29, 0.717) is 34.7 Å². The number of carbonyl (C=O) groups excluding carboxylic acids is 1. The van der Waals surface area contributed by atoms with Crippen LogP contribution in [0.3, 0.4) is 0 Å². The number of amides is 1. The van der Waals surface area contributed by atoms with Crippen LogP contribution in [0.4, 0.5) is 0 Å². The van der Waals surface area contributed by atoms with Crippen LogP contribution < -0.4 is 10.5 Å². The quantitative estimate of drug-likeness (QED) is 0.721. The van der Waals surface area contributed by atoms with Crippen molar-refractivity contribution in [2.24, 2.45) is 11.7 Å². The van der Waals surface area contributed by atoms with Crippen molar-refractivity contribution in [3.8, 4) is 11.6 Å². The smallest absolute Gasteiger partial charge is 0.307 e. The lowest BCUT2D eigenvalue weighted by Crippen LogP contribution is -2.16. The molecule has 1 fully saturated rings. The summed E-state index contributed by atoms with van der Waals surface area (Å²) >= 11 is 0. The van der Waals surface area contributed by atoms with Crippen molar-refractivity contribution < 1.29 is 19.4 Å². The molecule has 3 N–H and O–H groups in total. The number of aromatic nitrogens is 3. The largest absolute Gasteiger partial charge is 0.495 e. The number of carboxylic acid groups (broad SMARTS) is 1. The summed E-state index contributed by atoms with van der Waals surface area (Å²) in [4.78, 5) is 31.9. The first-order valence-corrected chi connectivity index (χ1v) is 8.05. The maximum absolute atomic E-state index is 11.9. The number of carbonyl (C=O) groups is 2. The lowest BCUT2D eigenvalue weighted by atomic mass is 10.2. The zero-order chi connectivity index (χ0) is 18.4. The first-order valence-electron chi connectivity index (χ1n) is 8.05. The summed E-state index contributed by atoms with van der Waals surface area (Å²) in [6, 6.07) is 8.68. The van der Waals surface area contributed by atoms with Crippen molar-refractivity contribution in [1.29, 1.82) is 0 Å². The molecule has 2 atom stereocenters. The normalized spacial score (nSPS) is 18.7. The third kappa shape index (κ3) is 2.55. The fraction of sp³-hybridized carbons (Fsp3) is 0.222. The van der Waals surface area contributed by atoms with E-state index in [4.69, 9.17) is 15.6 Å². The molecule has 0 aliphatic heterocycles. The summed E-state index contributed by atoms with van der Waals surface area (Å²) in [6.07, 6.45) is 2.12. The number of pyridine rings is 2. The molecule has 26 heavy (non-hydrogen) atoms. The summed E-state index contributed by atoms with van der Waals surface area (Å²) in [7, 11) is 1.53. The SMILES string of the molecule is COc1cnc2cc(C(N)=O)n(-c3cccc([C@@H]4C[C@H]4C(=O)O)n3)c2c1. The number of hydrogen-bond donors (Lipinski definition) is 2. The number of nitrogens with zero attached hydrogens (tertiary/aromatic N) is 3. The van der Waals surface area contributed by atoms with Gasteiger partial charge in [0.2, 0.25) is 0 Å². The van der Waals surface area contributed by atoms with Crippen LogP contribution >= 0.6 is 0 Å². The zero-order valence-corrected chi connectivity index (χ0v) is 13.9. The number of hydrogen-bond acceptors (Lipinski definition) is 5. The van der Waals surface area contributed by atoms with Crippen molar-refractivity contribution in [2.45, 2.75) is 12.3 Å². The summed E-state index contributed by atoms with van der Waals surface area (Å²) in [5.41, 5.74) is 7.68. The highest BCUT2D eigenvalue weighted by Gasteiger charge is 2.45. The Morgan fingerprint density at radius 1 is 1.35 bits per heavy atom. The Kier molecular flexibility index (Phi) is 3.61. The van der Waals surface area contributed by atoms with Gasteiger partial charge in [-0.3, -0.25) is 19.1 Å². The molecule has 132 valence electrons. The van der Waals surface area contributed by atoms with Gasteiger partial charge in [-0.05, 0) is 24.6 Å². The third-order valence-electron chi connectivity index (χ3n) is 4.59. The number of methoxy groups -OCH3 is 1. The lowest BCUT2D eigenvalue weighted by molar-refractivity contribution is -0.138. The van der Waals surface area contributed by atoms with Gasteiger partial charge in [0.05, 0.1) is 30.3 Å². The van der Waals surface area contributed by atoms with Gasteiger partial charge in [-0.25, -0.2) is 4.98 Å². The van der Waals surface area contributed by atoms with E-state index in [1.54, 1.807) is 41.1 Å². The minimum absolute atomic E-state index is 0.112. The summed E-state index contributed by atoms with van der Waals surface area (Å²) in [5.74, 6) is -0.922. The number of fused-ring (bicyclic) bond motifs is 1. The van der Waals surface area contributed by atoms with E-state index in [0.717, 1.165) is 0 Å². The molecular formula is C18H16N4O4. The van der Waals surface area contributed by atoms with Crippen LogP contribution in [0.1, 0.15) is 28.5 Å². The van der Waals surface area contributed by atoms with E-state index in [1.165, 1.54) is 7.11 Å². The highest BCUT2D eigenvalue weighted by Crippen LogP contribution is 2.46. The second-order valence-electron chi connectivity index (χ2n) is 6.22. The minimum atomic E-state index is -0.819. The Hall–Kier alpha value is -3.42. The molecule has 0 radical (unpaired) electrons. The van der Waals surface area contributed by atoms with Crippen molar-refractivity contribution in [1.82, 2.24) is 14.5 Å².